The van der Waals surface area contributed by atoms with Gasteiger partial charge in [0.15, 0.2) is 0 Å². The topological polar surface area (TPSA) is 179 Å². The third kappa shape index (κ3) is 13.6. The molecule has 4 N–H and O–H groups in total. The van der Waals surface area contributed by atoms with Crippen LogP contribution in [0.2, 0.25) is 0 Å². The standard InChI is InChI=1S/C43H68N2O11/c1-4-52-33-18-20-35(41(48)49)37(24-33)39(46)44-28-10-14-31(15-11-28)55-26-43(2,3)27-56-32-16-12-29(13-17-32)45-40(47)38-25-34(19-21-36(38)42(50)51)54-23-22-53-30-8-6-5-7-9-30/h1,28-38H,5-27H2,2-3H3,(H,44,46)(H,45,47)(H,48,49)(H,50,51). The average Bonchev–Trinajstić information content (AvgIpc) is 3.19. The van der Waals surface area contributed by atoms with Gasteiger partial charge in [0, 0.05) is 17.5 Å². The molecule has 0 saturated heterocycles. The van der Waals surface area contributed by atoms with E-state index in [2.05, 4.69) is 30.6 Å². The molecule has 2 amide bonds. The maximum absolute atomic E-state index is 13.5. The highest BCUT2D eigenvalue weighted by Crippen LogP contribution is 2.35. The quantitative estimate of drug-likeness (QED) is 0.100. The highest BCUT2D eigenvalue weighted by Gasteiger charge is 2.42. The predicted molar refractivity (Wildman–Crippen MR) is 207 cm³/mol. The average molecular weight is 789 g/mol. The summed E-state index contributed by atoms with van der Waals surface area (Å²) < 4.78 is 30.0. The van der Waals surface area contributed by atoms with E-state index < -0.39 is 35.6 Å². The highest BCUT2D eigenvalue weighted by atomic mass is 16.5. The van der Waals surface area contributed by atoms with Gasteiger partial charge in [-0.2, -0.15) is 0 Å². The van der Waals surface area contributed by atoms with Crippen molar-refractivity contribution in [3.8, 4) is 12.5 Å². The summed E-state index contributed by atoms with van der Waals surface area (Å²) in [6.07, 6.45) is 22.5. The van der Waals surface area contributed by atoms with Crippen molar-refractivity contribution in [2.75, 3.05) is 26.4 Å². The van der Waals surface area contributed by atoms with Crippen molar-refractivity contribution in [1.82, 2.24) is 10.6 Å². The van der Waals surface area contributed by atoms with Crippen LogP contribution in [0.25, 0.3) is 0 Å². The molecule has 13 heteroatoms. The van der Waals surface area contributed by atoms with Gasteiger partial charge in [0.25, 0.3) is 0 Å². The van der Waals surface area contributed by atoms with Gasteiger partial charge in [-0.15, -0.1) is 0 Å². The van der Waals surface area contributed by atoms with E-state index in [1.807, 2.05) is 0 Å². The van der Waals surface area contributed by atoms with Crippen molar-refractivity contribution in [3.05, 3.63) is 0 Å². The van der Waals surface area contributed by atoms with E-state index in [-0.39, 0.29) is 53.7 Å². The molecular weight excluding hydrogens is 720 g/mol. The van der Waals surface area contributed by atoms with Crippen LogP contribution < -0.4 is 10.6 Å². The fraction of sp³-hybridized carbons (Fsp3) is 0.860. The van der Waals surface area contributed by atoms with Gasteiger partial charge < -0.3 is 44.5 Å². The number of carbonyl (C=O) groups excluding carboxylic acids is 2. The monoisotopic (exact) mass is 788 g/mol. The zero-order valence-electron chi connectivity index (χ0n) is 33.8. The second kappa shape index (κ2) is 21.7. The Balaban J connectivity index is 0.954. The first-order valence-electron chi connectivity index (χ1n) is 21.5. The highest BCUT2D eigenvalue weighted by molar-refractivity contribution is 5.86. The summed E-state index contributed by atoms with van der Waals surface area (Å²) in [5.74, 6) is -4.98. The van der Waals surface area contributed by atoms with E-state index in [0.717, 1.165) is 64.2 Å². The third-order valence-electron chi connectivity index (χ3n) is 13.0. The van der Waals surface area contributed by atoms with Gasteiger partial charge in [-0.3, -0.25) is 19.2 Å². The molecule has 0 radical (unpaired) electrons. The molecule has 316 valence electrons. The van der Waals surface area contributed by atoms with Gasteiger partial charge in [-0.05, 0) is 103 Å². The smallest absolute Gasteiger partial charge is 0.307 e. The minimum atomic E-state index is -0.956. The minimum absolute atomic E-state index is 0.00102. The van der Waals surface area contributed by atoms with Gasteiger partial charge >= 0.3 is 11.9 Å². The van der Waals surface area contributed by atoms with E-state index in [1.165, 1.54) is 19.3 Å². The number of aliphatic carboxylic acids is 2. The molecule has 56 heavy (non-hydrogen) atoms. The summed E-state index contributed by atoms with van der Waals surface area (Å²) in [6, 6.07) is -0.0194. The van der Waals surface area contributed by atoms with E-state index >= 15 is 0 Å². The second-order valence-corrected chi connectivity index (χ2v) is 18.0. The molecule has 6 unspecified atom stereocenters. The van der Waals surface area contributed by atoms with Crippen LogP contribution >= 0.6 is 0 Å². The summed E-state index contributed by atoms with van der Waals surface area (Å²) in [5, 5.41) is 25.9. The normalized spacial score (nSPS) is 33.1. The Morgan fingerprint density at radius 2 is 0.964 bits per heavy atom. The fourth-order valence-electron chi connectivity index (χ4n) is 9.54. The summed E-state index contributed by atoms with van der Waals surface area (Å²) in [4.78, 5) is 50.5. The lowest BCUT2D eigenvalue weighted by Crippen LogP contribution is -2.48. The SMILES string of the molecule is C#COC1CCC(C(=O)O)C(C(=O)NC2CCC(OCC(C)(C)COC3CCC(NC(=O)C4CC(OCCOC5CCCCC5)CCC4C(=O)O)CC3)CC2)C1. The van der Waals surface area contributed by atoms with Crippen LogP contribution in [0.4, 0.5) is 0 Å². The molecule has 5 aliphatic carbocycles. The number of carbonyl (C=O) groups is 4. The third-order valence-corrected chi connectivity index (χ3v) is 13.0. The van der Waals surface area contributed by atoms with Crippen LogP contribution in [-0.2, 0) is 42.9 Å². The Kier molecular flexibility index (Phi) is 17.1. The molecule has 0 aliphatic heterocycles. The summed E-state index contributed by atoms with van der Waals surface area (Å²) in [6.45, 7) is 6.36. The molecule has 5 rings (SSSR count). The van der Waals surface area contributed by atoms with Crippen molar-refractivity contribution in [1.29, 1.82) is 0 Å². The maximum atomic E-state index is 13.5. The largest absolute Gasteiger partial charge is 0.481 e. The molecule has 6 atom stereocenters. The number of carboxylic acid groups (broad SMARTS) is 2. The van der Waals surface area contributed by atoms with Crippen LogP contribution in [-0.4, -0.2) is 103 Å². The Hall–Kier alpha value is -2.92. The minimum Gasteiger partial charge on any atom is -0.481 e. The number of carboxylic acids is 2. The number of hydrogen-bond donors (Lipinski definition) is 4. The second-order valence-electron chi connectivity index (χ2n) is 18.0. The number of amides is 2. The molecule has 0 spiro atoms. The Morgan fingerprint density at radius 1 is 0.554 bits per heavy atom. The lowest BCUT2D eigenvalue weighted by molar-refractivity contribution is -0.152. The zero-order chi connectivity index (χ0) is 40.1. The number of hydrogen-bond acceptors (Lipinski definition) is 9. The van der Waals surface area contributed by atoms with Crippen molar-refractivity contribution < 1.29 is 53.1 Å². The number of terminal acetylenes is 1. The van der Waals surface area contributed by atoms with Gasteiger partial charge in [0.05, 0.1) is 74.5 Å². The molecule has 5 fully saturated rings. The Morgan fingerprint density at radius 3 is 1.43 bits per heavy atom. The fourth-order valence-corrected chi connectivity index (χ4v) is 9.54. The Labute approximate surface area is 333 Å². The maximum Gasteiger partial charge on any atom is 0.307 e. The number of ether oxygens (including phenoxy) is 5. The molecular formula is C43H68N2O11. The van der Waals surface area contributed by atoms with Crippen LogP contribution in [0.1, 0.15) is 136 Å². The molecule has 5 aliphatic rings. The van der Waals surface area contributed by atoms with Gasteiger partial charge in [0.2, 0.25) is 11.8 Å². The molecule has 0 heterocycles. The Bertz CT molecular complexity index is 1310. The first kappa shape index (κ1) is 44.2. The molecule has 0 aromatic heterocycles. The molecule has 0 aromatic carbocycles. The first-order valence-corrected chi connectivity index (χ1v) is 21.5. The number of nitrogens with one attached hydrogen (secondary N) is 2. The summed E-state index contributed by atoms with van der Waals surface area (Å²) in [7, 11) is 0. The van der Waals surface area contributed by atoms with Crippen molar-refractivity contribution in [2.24, 2.45) is 29.1 Å². The lowest BCUT2D eigenvalue weighted by atomic mass is 9.77. The van der Waals surface area contributed by atoms with Crippen LogP contribution in [0.5, 0.6) is 0 Å². The van der Waals surface area contributed by atoms with Crippen LogP contribution in [0, 0.1) is 41.6 Å². The molecule has 0 bridgehead atoms. The van der Waals surface area contributed by atoms with E-state index in [0.29, 0.717) is 71.1 Å². The summed E-state index contributed by atoms with van der Waals surface area (Å²) in [5.41, 5.74) is -0.201. The lowest BCUT2D eigenvalue weighted by Gasteiger charge is -2.36. The van der Waals surface area contributed by atoms with Crippen molar-refractivity contribution in [3.63, 3.8) is 0 Å². The molecule has 5 saturated carbocycles. The first-order chi connectivity index (χ1) is 26.9. The number of rotatable bonds is 18. The van der Waals surface area contributed by atoms with Crippen molar-refractivity contribution in [2.45, 2.75) is 178 Å². The van der Waals surface area contributed by atoms with Gasteiger partial charge in [0.1, 0.15) is 12.2 Å². The van der Waals surface area contributed by atoms with E-state index in [1.54, 1.807) is 0 Å². The van der Waals surface area contributed by atoms with Gasteiger partial charge in [-0.25, -0.2) is 0 Å². The van der Waals surface area contributed by atoms with Gasteiger partial charge in [-0.1, -0.05) is 39.5 Å². The van der Waals surface area contributed by atoms with Crippen molar-refractivity contribution >= 4 is 23.8 Å². The van der Waals surface area contributed by atoms with Crippen LogP contribution in [0.3, 0.4) is 0 Å². The summed E-state index contributed by atoms with van der Waals surface area (Å²) >= 11 is 0. The van der Waals surface area contributed by atoms with E-state index in [9.17, 15) is 29.4 Å². The zero-order valence-corrected chi connectivity index (χ0v) is 33.8. The molecule has 13 nitrogen and oxygen atoms in total. The van der Waals surface area contributed by atoms with Crippen LogP contribution in [0.15, 0.2) is 0 Å². The van der Waals surface area contributed by atoms with E-state index in [4.69, 9.17) is 30.1 Å². The molecule has 0 aromatic rings. The predicted octanol–water partition coefficient (Wildman–Crippen LogP) is 5.61.